The second-order valence-corrected chi connectivity index (χ2v) is 14.6. The predicted octanol–water partition coefficient (Wildman–Crippen LogP) is 8.91. The van der Waals surface area contributed by atoms with Crippen molar-refractivity contribution in [3.8, 4) is 0 Å². The normalized spacial score (nSPS) is 21.1. The molecule has 2 aromatic carbocycles. The predicted molar refractivity (Wildman–Crippen MR) is 206 cm³/mol. The van der Waals surface area contributed by atoms with Crippen molar-refractivity contribution in [2.75, 3.05) is 19.6 Å². The first-order valence-corrected chi connectivity index (χ1v) is 19.1. The number of piperidine rings is 1. The topological polar surface area (TPSA) is 112 Å². The minimum Gasteiger partial charge on any atom is -0.444 e. The van der Waals surface area contributed by atoms with E-state index in [0.29, 0.717) is 12.3 Å². The van der Waals surface area contributed by atoms with Crippen molar-refractivity contribution < 1.29 is 19.1 Å². The van der Waals surface area contributed by atoms with Crippen molar-refractivity contribution in [1.82, 2.24) is 20.9 Å². The Kier molecular flexibility index (Phi) is 15.6. The second-order valence-electron chi connectivity index (χ2n) is 14.6. The summed E-state index contributed by atoms with van der Waals surface area (Å²) in [7, 11) is 0. The molecule has 1 saturated heterocycles. The van der Waals surface area contributed by atoms with Crippen molar-refractivity contribution in [2.24, 2.45) is 5.92 Å². The molecule has 8 heteroatoms. The Morgan fingerprint density at radius 1 is 0.920 bits per heavy atom. The number of alkyl carbamates (subject to hydrolysis) is 1. The molecule has 3 aliphatic rings. The summed E-state index contributed by atoms with van der Waals surface area (Å²) in [6.07, 6.45) is 8.21. The molecule has 0 radical (unpaired) electrons. The summed E-state index contributed by atoms with van der Waals surface area (Å²) < 4.78 is 5.31. The number of carbonyl (C=O) groups is 3. The fourth-order valence-electron chi connectivity index (χ4n) is 7.62. The number of carbonyl (C=O) groups excluding carboxylic acids is 3. The minimum atomic E-state index is -0.497. The van der Waals surface area contributed by atoms with E-state index in [-0.39, 0.29) is 41.2 Å². The molecule has 1 aliphatic heterocycles. The lowest BCUT2D eigenvalue weighted by atomic mass is 9.73. The fraction of sp³-hybridized carbons (Fsp3) is 0.595. The molecule has 2 amide bonds. The summed E-state index contributed by atoms with van der Waals surface area (Å²) in [5.41, 5.74) is 4.87. The maximum atomic E-state index is 12.6. The lowest BCUT2D eigenvalue weighted by Crippen LogP contribution is -2.43. The Morgan fingerprint density at radius 3 is 2.18 bits per heavy atom. The minimum absolute atomic E-state index is 0.0156. The molecule has 2 aliphatic carbocycles. The highest BCUT2D eigenvalue weighted by Crippen LogP contribution is 2.51. The van der Waals surface area contributed by atoms with Crippen molar-refractivity contribution in [1.29, 1.82) is 0 Å². The van der Waals surface area contributed by atoms with Gasteiger partial charge in [-0.05, 0) is 114 Å². The summed E-state index contributed by atoms with van der Waals surface area (Å²) in [5.74, 6) is 0.840. The van der Waals surface area contributed by atoms with E-state index in [1.807, 2.05) is 66.8 Å². The van der Waals surface area contributed by atoms with E-state index in [2.05, 4.69) is 64.3 Å². The number of benzene rings is 2. The number of rotatable bonds is 6. The van der Waals surface area contributed by atoms with Crippen molar-refractivity contribution in [3.63, 3.8) is 0 Å². The zero-order chi connectivity index (χ0) is 36.9. The Bertz CT molecular complexity index is 1510. The number of H-pyrrole nitrogens is 1. The summed E-state index contributed by atoms with van der Waals surface area (Å²) in [4.78, 5) is 39.6. The monoisotopic (exact) mass is 688 g/mol. The van der Waals surface area contributed by atoms with Crippen LogP contribution in [0.15, 0.2) is 54.7 Å². The van der Waals surface area contributed by atoms with Gasteiger partial charge in [-0.2, -0.15) is 0 Å². The van der Waals surface area contributed by atoms with Gasteiger partial charge in [-0.3, -0.25) is 9.59 Å². The maximum absolute atomic E-state index is 12.6. The van der Waals surface area contributed by atoms with E-state index in [4.69, 9.17) is 4.74 Å². The molecule has 8 nitrogen and oxygen atoms in total. The van der Waals surface area contributed by atoms with Crippen LogP contribution in [0.25, 0.3) is 10.9 Å². The summed E-state index contributed by atoms with van der Waals surface area (Å²) >= 11 is 0. The Hall–Kier alpha value is -3.65. The average Bonchev–Trinajstić information content (AvgIpc) is 3.69. The van der Waals surface area contributed by atoms with Gasteiger partial charge in [0.25, 0.3) is 0 Å². The number of para-hydroxylation sites is 1. The van der Waals surface area contributed by atoms with Crippen LogP contribution < -0.4 is 16.0 Å². The molecular weight excluding hydrogens is 624 g/mol. The first-order chi connectivity index (χ1) is 24.0. The molecule has 276 valence electrons. The molecular formula is C42H64N4O4. The number of nitrogens with one attached hydrogen (secondary N) is 4. The number of aromatic nitrogens is 1. The Balaban J connectivity index is 0.000000272. The zero-order valence-corrected chi connectivity index (χ0v) is 32.2. The SMILES string of the molecule is CC.CC.CC(=O)[C@@H]1CC2(CCNCC2)c2ccccc21.C[C@H](CNC(=O)C1CCC(NC(=O)OC(C)(C)C)CC1)c1c[nH]c2ccccc12. The van der Waals surface area contributed by atoms with E-state index < -0.39 is 5.60 Å². The lowest BCUT2D eigenvalue weighted by molar-refractivity contribution is -0.126. The van der Waals surface area contributed by atoms with Crippen LogP contribution in [0.2, 0.25) is 0 Å². The van der Waals surface area contributed by atoms with Gasteiger partial charge in [-0.1, -0.05) is 77.1 Å². The molecule has 1 aromatic heterocycles. The van der Waals surface area contributed by atoms with E-state index in [1.54, 1.807) is 6.92 Å². The number of aromatic amines is 1. The van der Waals surface area contributed by atoms with Crippen LogP contribution in [-0.4, -0.2) is 54.0 Å². The first-order valence-electron chi connectivity index (χ1n) is 19.1. The van der Waals surface area contributed by atoms with Crippen molar-refractivity contribution >= 4 is 28.7 Å². The van der Waals surface area contributed by atoms with Crippen molar-refractivity contribution in [3.05, 3.63) is 71.4 Å². The van der Waals surface area contributed by atoms with E-state index in [9.17, 15) is 14.4 Å². The van der Waals surface area contributed by atoms with Gasteiger partial charge in [0.15, 0.2) is 0 Å². The largest absolute Gasteiger partial charge is 0.444 e. The smallest absolute Gasteiger partial charge is 0.407 e. The third-order valence-electron chi connectivity index (χ3n) is 10.1. The Labute approximate surface area is 301 Å². The maximum Gasteiger partial charge on any atom is 0.407 e. The average molecular weight is 689 g/mol. The van der Waals surface area contributed by atoms with Gasteiger partial charge in [0, 0.05) is 47.4 Å². The van der Waals surface area contributed by atoms with Crippen LogP contribution in [0.1, 0.15) is 136 Å². The standard InChI is InChI=1S/C23H33N3O3.C15H19NO.2C2H6/c1-15(19-14-24-20-8-6-5-7-18(19)20)13-25-21(27)16-9-11-17(12-10-16)26-22(28)29-23(2,3)4;1-11(17)13-10-15(6-8-16-9-7-15)14-5-3-2-4-12(13)14;2*1-2/h5-8,14-17,24H,9-13H2,1-4H3,(H,25,27)(H,26,28);2-5,13,16H,6-10H2,1H3;2*1-2H3/t15-,16?,17?;13-;;/m10../s1. The summed E-state index contributed by atoms with van der Waals surface area (Å²) in [6, 6.07) is 16.9. The molecule has 6 rings (SSSR count). The van der Waals surface area contributed by atoms with Crippen LogP contribution in [0.5, 0.6) is 0 Å². The molecule has 1 spiro atoms. The van der Waals surface area contributed by atoms with Crippen LogP contribution in [-0.2, 0) is 19.7 Å². The molecule has 50 heavy (non-hydrogen) atoms. The third kappa shape index (κ3) is 10.7. The highest BCUT2D eigenvalue weighted by Gasteiger charge is 2.45. The van der Waals surface area contributed by atoms with E-state index >= 15 is 0 Å². The summed E-state index contributed by atoms with van der Waals surface area (Å²) in [6.45, 7) is 20.2. The van der Waals surface area contributed by atoms with Gasteiger partial charge >= 0.3 is 6.09 Å². The zero-order valence-electron chi connectivity index (χ0n) is 32.2. The molecule has 3 aromatic rings. The Morgan fingerprint density at radius 2 is 1.54 bits per heavy atom. The molecule has 4 N–H and O–H groups in total. The number of amides is 2. The van der Waals surface area contributed by atoms with Gasteiger partial charge in [0.1, 0.15) is 11.4 Å². The lowest BCUT2D eigenvalue weighted by Gasteiger charge is -2.35. The van der Waals surface area contributed by atoms with Crippen molar-refractivity contribution in [2.45, 2.75) is 136 Å². The third-order valence-corrected chi connectivity index (χ3v) is 10.1. The van der Waals surface area contributed by atoms with Crippen LogP contribution in [0.4, 0.5) is 4.79 Å². The quantitative estimate of drug-likeness (QED) is 0.207. The van der Waals surface area contributed by atoms with Gasteiger partial charge in [-0.15, -0.1) is 0 Å². The molecule has 0 unspecified atom stereocenters. The number of Topliss-reactive ketones (excluding diaryl/α,β-unsaturated/α-hetero) is 1. The van der Waals surface area contributed by atoms with Crippen LogP contribution in [0.3, 0.4) is 0 Å². The first kappa shape index (κ1) is 40.8. The van der Waals surface area contributed by atoms with Gasteiger partial charge in [0.2, 0.25) is 5.91 Å². The van der Waals surface area contributed by atoms with E-state index in [1.165, 1.54) is 34.9 Å². The molecule has 2 fully saturated rings. The van der Waals surface area contributed by atoms with Gasteiger partial charge in [0.05, 0.1) is 0 Å². The van der Waals surface area contributed by atoms with Crippen LogP contribution in [0, 0.1) is 5.92 Å². The van der Waals surface area contributed by atoms with Gasteiger partial charge < -0.3 is 25.7 Å². The van der Waals surface area contributed by atoms with E-state index in [0.717, 1.165) is 50.7 Å². The molecule has 1 saturated carbocycles. The number of fused-ring (bicyclic) bond motifs is 3. The highest BCUT2D eigenvalue weighted by atomic mass is 16.6. The molecule has 2 atom stereocenters. The van der Waals surface area contributed by atoms with Crippen LogP contribution >= 0.6 is 0 Å². The second kappa shape index (κ2) is 19.1. The van der Waals surface area contributed by atoms with Gasteiger partial charge in [-0.25, -0.2) is 4.79 Å². The number of hydrogen-bond acceptors (Lipinski definition) is 5. The molecule has 0 bridgehead atoms. The number of hydrogen-bond donors (Lipinski definition) is 4. The fourth-order valence-corrected chi connectivity index (χ4v) is 7.62. The number of ether oxygens (including phenoxy) is 1. The highest BCUT2D eigenvalue weighted by molar-refractivity contribution is 5.85. The summed E-state index contributed by atoms with van der Waals surface area (Å²) in [5, 5.41) is 10.7. The molecule has 2 heterocycles. The number of ketones is 1.